The van der Waals surface area contributed by atoms with Gasteiger partial charge in [0.15, 0.2) is 0 Å². The molecular formula is C9H19N3O2. The summed E-state index contributed by atoms with van der Waals surface area (Å²) in [4.78, 5) is 11.2. The zero-order valence-electron chi connectivity index (χ0n) is 9.02. The van der Waals surface area contributed by atoms with E-state index in [0.29, 0.717) is 19.4 Å². The van der Waals surface area contributed by atoms with E-state index < -0.39 is 11.6 Å². The molecule has 5 heteroatoms. The van der Waals surface area contributed by atoms with Gasteiger partial charge in [0.2, 0.25) is 0 Å². The van der Waals surface area contributed by atoms with E-state index in [1.807, 2.05) is 13.8 Å². The first-order chi connectivity index (χ1) is 6.52. The van der Waals surface area contributed by atoms with Crippen LogP contribution in [0.3, 0.4) is 0 Å². The Morgan fingerprint density at radius 2 is 1.93 bits per heavy atom. The molecule has 5 nitrogen and oxygen atoms in total. The Morgan fingerprint density at radius 3 is 2.21 bits per heavy atom. The van der Waals surface area contributed by atoms with Gasteiger partial charge in [0.05, 0.1) is 12.1 Å². The highest BCUT2D eigenvalue weighted by Crippen LogP contribution is 2.14. The number of ether oxygens (including phenoxy) is 1. The number of hydrogen-bond acceptors (Lipinski definition) is 3. The zero-order valence-corrected chi connectivity index (χ0v) is 9.02. The Balaban J connectivity index is 4.51. The maximum Gasteiger partial charge on any atom is 0.407 e. The van der Waals surface area contributed by atoms with Gasteiger partial charge in [-0.25, -0.2) is 4.79 Å². The van der Waals surface area contributed by atoms with E-state index in [-0.39, 0.29) is 5.84 Å². The lowest BCUT2D eigenvalue weighted by molar-refractivity contribution is 0.143. The van der Waals surface area contributed by atoms with Crippen LogP contribution in [0, 0.1) is 5.41 Å². The third-order valence-electron chi connectivity index (χ3n) is 2.34. The molecule has 0 aromatic heterocycles. The van der Waals surface area contributed by atoms with Crippen molar-refractivity contribution < 1.29 is 9.53 Å². The molecule has 0 bridgehead atoms. The predicted molar refractivity (Wildman–Crippen MR) is 55.4 cm³/mol. The van der Waals surface area contributed by atoms with E-state index in [1.54, 1.807) is 6.92 Å². The third-order valence-corrected chi connectivity index (χ3v) is 2.34. The monoisotopic (exact) mass is 201 g/mol. The Morgan fingerprint density at radius 1 is 1.43 bits per heavy atom. The van der Waals surface area contributed by atoms with Crippen LogP contribution in [0.4, 0.5) is 4.79 Å². The van der Waals surface area contributed by atoms with Crippen molar-refractivity contribution in [2.45, 2.75) is 39.2 Å². The average Bonchev–Trinajstić information content (AvgIpc) is 2.14. The first-order valence-electron chi connectivity index (χ1n) is 4.81. The molecular weight excluding hydrogens is 182 g/mol. The van der Waals surface area contributed by atoms with Crippen LogP contribution in [0.25, 0.3) is 0 Å². The number of carbonyl (C=O) groups excluding carboxylic acids is 1. The molecule has 0 aliphatic rings. The highest BCUT2D eigenvalue weighted by Gasteiger charge is 2.32. The van der Waals surface area contributed by atoms with Gasteiger partial charge in [-0.1, -0.05) is 13.8 Å². The summed E-state index contributed by atoms with van der Waals surface area (Å²) in [5, 5.41) is 10.1. The lowest BCUT2D eigenvalue weighted by Gasteiger charge is -2.30. The van der Waals surface area contributed by atoms with E-state index in [2.05, 4.69) is 5.32 Å². The number of amides is 1. The predicted octanol–water partition coefficient (Wildman–Crippen LogP) is 1.23. The number of nitrogens with two attached hydrogens (primary N) is 1. The smallest absolute Gasteiger partial charge is 0.407 e. The first kappa shape index (κ1) is 12.7. The van der Waals surface area contributed by atoms with Gasteiger partial charge >= 0.3 is 6.09 Å². The van der Waals surface area contributed by atoms with Crippen LogP contribution in [0.15, 0.2) is 0 Å². The largest absolute Gasteiger partial charge is 0.450 e. The fourth-order valence-electron chi connectivity index (χ4n) is 1.24. The Bertz CT molecular complexity index is 212. The van der Waals surface area contributed by atoms with Crippen LogP contribution in [-0.2, 0) is 4.74 Å². The van der Waals surface area contributed by atoms with Crippen molar-refractivity contribution >= 4 is 11.9 Å². The van der Waals surface area contributed by atoms with Crippen LogP contribution in [0.1, 0.15) is 33.6 Å². The number of carbonyl (C=O) groups is 1. The van der Waals surface area contributed by atoms with Gasteiger partial charge in [0, 0.05) is 0 Å². The molecule has 0 atom stereocenters. The van der Waals surface area contributed by atoms with Crippen LogP contribution in [-0.4, -0.2) is 24.1 Å². The van der Waals surface area contributed by atoms with Gasteiger partial charge in [-0.3, -0.25) is 5.41 Å². The summed E-state index contributed by atoms with van der Waals surface area (Å²) < 4.78 is 4.75. The van der Waals surface area contributed by atoms with Crippen molar-refractivity contribution in [1.82, 2.24) is 5.32 Å². The summed E-state index contributed by atoms with van der Waals surface area (Å²) >= 11 is 0. The molecule has 0 heterocycles. The lowest BCUT2D eigenvalue weighted by Crippen LogP contribution is -2.56. The second-order valence-electron chi connectivity index (χ2n) is 3.05. The molecule has 0 aromatic rings. The van der Waals surface area contributed by atoms with Gasteiger partial charge in [0.25, 0.3) is 0 Å². The molecule has 4 N–H and O–H groups in total. The summed E-state index contributed by atoms with van der Waals surface area (Å²) in [5.41, 5.74) is 4.69. The Kier molecular flexibility index (Phi) is 4.97. The standard InChI is InChI=1S/C9H19N3O2/c1-4-9(5-2,7(10)11)12-8(13)14-6-3/h4-6H2,1-3H3,(H3,10,11)(H,12,13). The fraction of sp³-hybridized carbons (Fsp3) is 0.778. The molecule has 1 amide bonds. The van der Waals surface area contributed by atoms with Gasteiger partial charge < -0.3 is 15.8 Å². The number of hydrogen-bond donors (Lipinski definition) is 3. The van der Waals surface area contributed by atoms with E-state index in [0.717, 1.165) is 0 Å². The third kappa shape index (κ3) is 2.90. The number of nitrogens with one attached hydrogen (secondary N) is 2. The van der Waals surface area contributed by atoms with Crippen molar-refractivity contribution in [2.75, 3.05) is 6.61 Å². The molecule has 82 valence electrons. The lowest BCUT2D eigenvalue weighted by atomic mass is 9.92. The summed E-state index contributed by atoms with van der Waals surface area (Å²) in [5.74, 6) is -0.0319. The SMILES string of the molecule is CCOC(=O)NC(CC)(CC)C(=N)N. The maximum absolute atomic E-state index is 11.2. The van der Waals surface area contributed by atoms with Crippen LogP contribution in [0.5, 0.6) is 0 Å². The fourth-order valence-corrected chi connectivity index (χ4v) is 1.24. The molecule has 0 saturated heterocycles. The summed E-state index contributed by atoms with van der Waals surface area (Å²) in [6.45, 7) is 5.79. The second kappa shape index (κ2) is 5.47. The Labute approximate surface area is 84.5 Å². The summed E-state index contributed by atoms with van der Waals surface area (Å²) in [7, 11) is 0. The summed E-state index contributed by atoms with van der Waals surface area (Å²) in [6.07, 6.45) is 0.640. The van der Waals surface area contributed by atoms with Gasteiger partial charge in [-0.15, -0.1) is 0 Å². The molecule has 0 unspecified atom stereocenters. The van der Waals surface area contributed by atoms with E-state index in [9.17, 15) is 4.79 Å². The highest BCUT2D eigenvalue weighted by molar-refractivity contribution is 5.90. The topological polar surface area (TPSA) is 88.2 Å². The number of amidine groups is 1. The minimum atomic E-state index is -0.758. The average molecular weight is 201 g/mol. The van der Waals surface area contributed by atoms with Crippen molar-refractivity contribution in [3.8, 4) is 0 Å². The van der Waals surface area contributed by atoms with Gasteiger partial charge in [-0.2, -0.15) is 0 Å². The molecule has 0 aromatic carbocycles. The number of rotatable bonds is 5. The molecule has 0 spiro atoms. The van der Waals surface area contributed by atoms with Crippen LogP contribution in [0.2, 0.25) is 0 Å². The van der Waals surface area contributed by atoms with Crippen molar-refractivity contribution in [3.63, 3.8) is 0 Å². The van der Waals surface area contributed by atoms with E-state index >= 15 is 0 Å². The first-order valence-corrected chi connectivity index (χ1v) is 4.81. The molecule has 0 rings (SSSR count). The molecule has 0 fully saturated rings. The van der Waals surface area contributed by atoms with Crippen LogP contribution >= 0.6 is 0 Å². The highest BCUT2D eigenvalue weighted by atomic mass is 16.5. The van der Waals surface area contributed by atoms with Gasteiger partial charge in [-0.05, 0) is 19.8 Å². The van der Waals surface area contributed by atoms with E-state index in [1.165, 1.54) is 0 Å². The van der Waals surface area contributed by atoms with Crippen molar-refractivity contribution in [2.24, 2.45) is 5.73 Å². The molecule has 0 saturated carbocycles. The van der Waals surface area contributed by atoms with Gasteiger partial charge in [0.1, 0.15) is 5.84 Å². The summed E-state index contributed by atoms with van der Waals surface area (Å²) in [6, 6.07) is 0. The zero-order chi connectivity index (χ0) is 11.2. The molecule has 0 radical (unpaired) electrons. The molecule has 0 aliphatic carbocycles. The number of alkyl carbamates (subject to hydrolysis) is 1. The quantitative estimate of drug-likeness (QED) is 0.461. The minimum Gasteiger partial charge on any atom is -0.450 e. The van der Waals surface area contributed by atoms with E-state index in [4.69, 9.17) is 15.9 Å². The second-order valence-corrected chi connectivity index (χ2v) is 3.05. The maximum atomic E-state index is 11.2. The van der Waals surface area contributed by atoms with Crippen LogP contribution < -0.4 is 11.1 Å². The van der Waals surface area contributed by atoms with Crippen molar-refractivity contribution in [3.05, 3.63) is 0 Å². The Hall–Kier alpha value is -1.26. The van der Waals surface area contributed by atoms with Crippen molar-refractivity contribution in [1.29, 1.82) is 5.41 Å². The molecule has 14 heavy (non-hydrogen) atoms. The molecule has 0 aliphatic heterocycles. The normalized spacial score (nSPS) is 10.8. The minimum absolute atomic E-state index is 0.0319.